The first-order chi connectivity index (χ1) is 7.88. The van der Waals surface area contributed by atoms with Crippen molar-refractivity contribution in [2.75, 3.05) is 18.6 Å². The van der Waals surface area contributed by atoms with Crippen LogP contribution in [0.1, 0.15) is 6.92 Å². The van der Waals surface area contributed by atoms with Crippen LogP contribution in [0.25, 0.3) is 0 Å². The van der Waals surface area contributed by atoms with Crippen molar-refractivity contribution in [2.24, 2.45) is 0 Å². The van der Waals surface area contributed by atoms with E-state index in [1.807, 2.05) is 0 Å². The Morgan fingerprint density at radius 3 is 2.35 bits per heavy atom. The first-order valence-corrected chi connectivity index (χ1v) is 5.72. The summed E-state index contributed by atoms with van der Waals surface area (Å²) < 4.78 is 4.45. The average molecular weight is 263 g/mol. The molecule has 0 heterocycles. The Hall–Kier alpha value is -1.57. The van der Waals surface area contributed by atoms with Crippen molar-refractivity contribution >= 4 is 35.4 Å². The predicted octanol–water partition coefficient (Wildman–Crippen LogP) is -0.949. The zero-order valence-corrected chi connectivity index (χ0v) is 10.2. The molecule has 2 N–H and O–H groups in total. The number of aliphatic carboxylic acids is 1. The summed E-state index contributed by atoms with van der Waals surface area (Å²) in [6.45, 7) is 1.24. The Labute approximate surface area is 102 Å². The first kappa shape index (κ1) is 15.4. The minimum Gasteiger partial charge on any atom is -0.475 e. The number of Topliss-reactive ketones (excluding diaryl/α,β-unsaturated/α-hetero) is 1. The first-order valence-electron chi connectivity index (χ1n) is 4.57. The highest BCUT2D eigenvalue weighted by atomic mass is 32.2. The lowest BCUT2D eigenvalue weighted by atomic mass is 10.3. The van der Waals surface area contributed by atoms with E-state index in [1.54, 1.807) is 0 Å². The maximum Gasteiger partial charge on any atom is 0.373 e. The molecule has 8 heteroatoms. The number of carboxylic acids is 1. The second-order valence-electron chi connectivity index (χ2n) is 3.02. The standard InChI is InChI=1S/C9H13NO6S/c1-5(11)10-6(9(15)16-2)3-17-4-7(12)8(13)14/h6H,3-4H2,1-2H3,(H,10,11)(H,13,14)/t6-/m0/s1. The summed E-state index contributed by atoms with van der Waals surface area (Å²) in [4.78, 5) is 43.0. The number of esters is 1. The van der Waals surface area contributed by atoms with Crippen molar-refractivity contribution in [3.05, 3.63) is 0 Å². The summed E-state index contributed by atoms with van der Waals surface area (Å²) in [6.07, 6.45) is 0. The summed E-state index contributed by atoms with van der Waals surface area (Å²) >= 11 is 0.938. The van der Waals surface area contributed by atoms with Gasteiger partial charge in [0.25, 0.3) is 0 Å². The third-order valence-corrected chi connectivity index (χ3v) is 2.65. The molecule has 0 bridgehead atoms. The van der Waals surface area contributed by atoms with Crippen molar-refractivity contribution < 1.29 is 29.0 Å². The molecule has 0 aliphatic rings. The molecule has 0 fully saturated rings. The van der Waals surface area contributed by atoms with Gasteiger partial charge in [-0.15, -0.1) is 0 Å². The van der Waals surface area contributed by atoms with Crippen LogP contribution in [0.3, 0.4) is 0 Å². The van der Waals surface area contributed by atoms with Crippen molar-refractivity contribution in [1.29, 1.82) is 0 Å². The molecular weight excluding hydrogens is 250 g/mol. The molecule has 7 nitrogen and oxygen atoms in total. The van der Waals surface area contributed by atoms with Crippen LogP contribution in [0.5, 0.6) is 0 Å². The number of nitrogens with one attached hydrogen (secondary N) is 1. The van der Waals surface area contributed by atoms with Gasteiger partial charge in [0.05, 0.1) is 12.9 Å². The third-order valence-electron chi connectivity index (χ3n) is 1.62. The van der Waals surface area contributed by atoms with Gasteiger partial charge in [0.1, 0.15) is 6.04 Å². The summed E-state index contributed by atoms with van der Waals surface area (Å²) in [5.74, 6) is -3.72. The number of carboxylic acid groups (broad SMARTS) is 1. The van der Waals surface area contributed by atoms with Crippen LogP contribution in [0.2, 0.25) is 0 Å². The molecule has 0 radical (unpaired) electrons. The van der Waals surface area contributed by atoms with E-state index in [9.17, 15) is 19.2 Å². The molecule has 1 atom stereocenters. The Morgan fingerprint density at radius 2 is 1.94 bits per heavy atom. The number of ketones is 1. The molecule has 0 aliphatic carbocycles. The van der Waals surface area contributed by atoms with Gasteiger partial charge in [0.2, 0.25) is 11.7 Å². The van der Waals surface area contributed by atoms with Gasteiger partial charge in [0.15, 0.2) is 0 Å². The Balaban J connectivity index is 4.17. The second kappa shape index (κ2) is 7.66. The smallest absolute Gasteiger partial charge is 0.373 e. The van der Waals surface area contributed by atoms with Gasteiger partial charge in [-0.05, 0) is 0 Å². The van der Waals surface area contributed by atoms with Crippen molar-refractivity contribution in [3.8, 4) is 0 Å². The lowest BCUT2D eigenvalue weighted by Crippen LogP contribution is -2.42. The van der Waals surface area contributed by atoms with Crippen LogP contribution in [0.15, 0.2) is 0 Å². The lowest BCUT2D eigenvalue weighted by Gasteiger charge is -2.14. The molecule has 0 spiro atoms. The van der Waals surface area contributed by atoms with Gasteiger partial charge in [-0.25, -0.2) is 9.59 Å². The van der Waals surface area contributed by atoms with E-state index < -0.39 is 29.7 Å². The zero-order valence-electron chi connectivity index (χ0n) is 9.39. The van der Waals surface area contributed by atoms with Crippen molar-refractivity contribution in [1.82, 2.24) is 5.32 Å². The summed E-state index contributed by atoms with van der Waals surface area (Å²) in [7, 11) is 1.17. The SMILES string of the molecule is COC(=O)[C@H](CSCC(=O)C(=O)O)NC(C)=O. The minimum absolute atomic E-state index is 0.0747. The topological polar surface area (TPSA) is 110 Å². The van der Waals surface area contributed by atoms with E-state index in [-0.39, 0.29) is 11.5 Å². The highest BCUT2D eigenvalue weighted by Gasteiger charge is 2.21. The van der Waals surface area contributed by atoms with Crippen LogP contribution in [0.4, 0.5) is 0 Å². The summed E-state index contributed by atoms with van der Waals surface area (Å²) in [5, 5.41) is 10.7. The summed E-state index contributed by atoms with van der Waals surface area (Å²) in [6, 6.07) is -0.885. The van der Waals surface area contributed by atoms with E-state index in [2.05, 4.69) is 10.1 Å². The number of hydrogen-bond donors (Lipinski definition) is 2. The van der Waals surface area contributed by atoms with Gasteiger partial charge in [0, 0.05) is 12.7 Å². The van der Waals surface area contributed by atoms with Gasteiger partial charge >= 0.3 is 11.9 Å². The van der Waals surface area contributed by atoms with Crippen LogP contribution in [0, 0.1) is 0 Å². The maximum atomic E-state index is 11.2. The van der Waals surface area contributed by atoms with E-state index in [1.165, 1.54) is 14.0 Å². The number of carbonyl (C=O) groups is 4. The van der Waals surface area contributed by atoms with Gasteiger partial charge in [-0.3, -0.25) is 9.59 Å². The maximum absolute atomic E-state index is 11.2. The normalized spacial score (nSPS) is 11.4. The molecule has 96 valence electrons. The number of ether oxygens (including phenoxy) is 1. The number of hydrogen-bond acceptors (Lipinski definition) is 6. The largest absolute Gasteiger partial charge is 0.475 e. The number of amides is 1. The van der Waals surface area contributed by atoms with Crippen LogP contribution in [-0.2, 0) is 23.9 Å². The predicted molar refractivity (Wildman–Crippen MR) is 59.6 cm³/mol. The van der Waals surface area contributed by atoms with Crippen LogP contribution < -0.4 is 5.32 Å². The van der Waals surface area contributed by atoms with Gasteiger partial charge in [-0.1, -0.05) is 0 Å². The number of carbonyl (C=O) groups excluding carboxylic acids is 3. The molecule has 0 aromatic carbocycles. The summed E-state index contributed by atoms with van der Waals surface area (Å²) in [5.41, 5.74) is 0. The van der Waals surface area contributed by atoms with E-state index in [0.29, 0.717) is 0 Å². The monoisotopic (exact) mass is 263 g/mol. The molecule has 17 heavy (non-hydrogen) atoms. The lowest BCUT2D eigenvalue weighted by molar-refractivity contribution is -0.147. The fraction of sp³-hybridized carbons (Fsp3) is 0.556. The molecule has 1 amide bonds. The molecule has 0 saturated heterocycles. The number of rotatable bonds is 7. The molecule has 0 unspecified atom stereocenters. The molecule has 0 aromatic rings. The van der Waals surface area contributed by atoms with Crippen molar-refractivity contribution in [3.63, 3.8) is 0 Å². The Bertz CT molecular complexity index is 329. The fourth-order valence-corrected chi connectivity index (χ4v) is 1.77. The molecule has 0 rings (SSSR count). The van der Waals surface area contributed by atoms with E-state index in [0.717, 1.165) is 11.8 Å². The van der Waals surface area contributed by atoms with Crippen LogP contribution in [-0.4, -0.2) is 53.4 Å². The molecular formula is C9H13NO6S. The second-order valence-corrected chi connectivity index (χ2v) is 4.05. The molecule has 0 aromatic heterocycles. The molecule has 0 aliphatic heterocycles. The average Bonchev–Trinajstić information content (AvgIpc) is 2.25. The highest BCUT2D eigenvalue weighted by Crippen LogP contribution is 2.05. The van der Waals surface area contributed by atoms with Gasteiger partial charge in [-0.2, -0.15) is 11.8 Å². The third kappa shape index (κ3) is 6.56. The Kier molecular flexibility index (Phi) is 6.95. The number of thioether (sulfide) groups is 1. The van der Waals surface area contributed by atoms with Gasteiger partial charge < -0.3 is 15.2 Å². The highest BCUT2D eigenvalue weighted by molar-refractivity contribution is 8.00. The molecule has 0 saturated carbocycles. The Morgan fingerprint density at radius 1 is 1.35 bits per heavy atom. The fourth-order valence-electron chi connectivity index (χ4n) is 0.887. The van der Waals surface area contributed by atoms with E-state index in [4.69, 9.17) is 5.11 Å². The van der Waals surface area contributed by atoms with Crippen LogP contribution >= 0.6 is 11.8 Å². The minimum atomic E-state index is -1.52. The quantitative estimate of drug-likeness (QED) is 0.450. The van der Waals surface area contributed by atoms with Crippen molar-refractivity contribution in [2.45, 2.75) is 13.0 Å². The zero-order chi connectivity index (χ0) is 13.4. The number of methoxy groups -OCH3 is 1. The van der Waals surface area contributed by atoms with E-state index >= 15 is 0 Å².